The molecule has 7 aromatic heterocycles. The van der Waals surface area contributed by atoms with Crippen molar-refractivity contribution in [3.8, 4) is 0 Å². The molecular formula is C94H100ClFN22O5. The first kappa shape index (κ1) is 88.9. The Labute approximate surface area is 716 Å². The van der Waals surface area contributed by atoms with E-state index in [2.05, 4.69) is 110 Å². The summed E-state index contributed by atoms with van der Waals surface area (Å²) in [5.74, 6) is 4.42. The van der Waals surface area contributed by atoms with Crippen molar-refractivity contribution < 1.29 is 28.2 Å². The number of nitrogens with zero attached hydrogens (tertiary/aromatic N) is 10. The molecule has 12 heterocycles. The molecule has 0 atom stereocenters. The molecule has 630 valence electrons. The maximum atomic E-state index is 13.1. The highest BCUT2D eigenvalue weighted by atomic mass is 35.5. The summed E-state index contributed by atoms with van der Waals surface area (Å²) < 4.78 is 18.0. The van der Waals surface area contributed by atoms with E-state index in [1.807, 2.05) is 159 Å². The lowest BCUT2D eigenvalue weighted by molar-refractivity contribution is 0.0963. The number of nitrogens with two attached hydrogens (primary N) is 10. The zero-order chi connectivity index (χ0) is 88.3. The van der Waals surface area contributed by atoms with E-state index in [1.54, 1.807) is 43.7 Å². The highest BCUT2D eigenvalue weighted by Gasteiger charge is 2.19. The van der Waals surface area contributed by atoms with Crippen LogP contribution in [-0.2, 0) is 48.9 Å². The van der Waals surface area contributed by atoms with E-state index in [0.717, 1.165) is 140 Å². The van der Waals surface area contributed by atoms with Crippen molar-refractivity contribution in [3.63, 3.8) is 0 Å². The molecule has 0 saturated carbocycles. The Kier molecular flexibility index (Phi) is 29.4. The zero-order valence-electron chi connectivity index (χ0n) is 70.2. The number of nitrogen functional groups attached to an aromatic ring is 5. The number of rotatable bonds is 2. The van der Waals surface area contributed by atoms with Crippen molar-refractivity contribution in [3.05, 3.63) is 323 Å². The van der Waals surface area contributed by atoms with Crippen LogP contribution in [0.25, 0.3) is 54.2 Å². The molecule has 8 aromatic carbocycles. The first-order valence-corrected chi connectivity index (χ1v) is 39.7. The van der Waals surface area contributed by atoms with Crippen LogP contribution in [0.2, 0.25) is 5.02 Å². The molecule has 27 nitrogen and oxygen atoms in total. The van der Waals surface area contributed by atoms with E-state index < -0.39 is 5.91 Å². The Morgan fingerprint density at radius 2 is 0.992 bits per heavy atom. The van der Waals surface area contributed by atoms with E-state index in [9.17, 15) is 14.0 Å². The number of halogens is 2. The number of oxime groups is 2. The van der Waals surface area contributed by atoms with Gasteiger partial charge < -0.3 is 82.2 Å². The minimum Gasteiger partial charge on any atom is -0.389 e. The molecule has 5 aliphatic heterocycles. The fraction of sp³-hybridized carbons (Fsp3) is 0.191. The Morgan fingerprint density at radius 3 is 1.63 bits per heavy atom. The number of amides is 2. The van der Waals surface area contributed by atoms with Crippen LogP contribution in [0.5, 0.6) is 0 Å². The molecule has 0 aliphatic carbocycles. The average Bonchev–Trinajstić information content (AvgIpc) is 1.63. The van der Waals surface area contributed by atoms with Crippen LogP contribution in [0.4, 0.5) is 39.3 Å². The van der Waals surface area contributed by atoms with Gasteiger partial charge in [0.05, 0.1) is 17.6 Å². The second kappa shape index (κ2) is 40.7. The molecule has 15 aromatic rings. The van der Waals surface area contributed by atoms with Crippen LogP contribution >= 0.6 is 11.6 Å². The van der Waals surface area contributed by atoms with Crippen molar-refractivity contribution in [2.75, 3.05) is 40.5 Å². The predicted octanol–water partition coefficient (Wildman–Crippen LogP) is 15.5. The van der Waals surface area contributed by atoms with Gasteiger partial charge in [0, 0.05) is 116 Å². The van der Waals surface area contributed by atoms with Gasteiger partial charge in [-0.25, -0.2) is 34.3 Å². The van der Waals surface area contributed by atoms with Crippen molar-refractivity contribution >= 4 is 130 Å². The molecule has 2 amide bonds. The lowest BCUT2D eigenvalue weighted by Crippen LogP contribution is -2.20. The summed E-state index contributed by atoms with van der Waals surface area (Å²) in [6.45, 7) is 23.7. The molecule has 123 heavy (non-hydrogen) atoms. The molecule has 5 aliphatic rings. The van der Waals surface area contributed by atoms with E-state index in [0.29, 0.717) is 95.1 Å². The number of anilines is 6. The minimum absolute atomic E-state index is 0.0590. The van der Waals surface area contributed by atoms with Gasteiger partial charge in [0.1, 0.15) is 59.5 Å². The number of benzene rings is 8. The van der Waals surface area contributed by atoms with Crippen molar-refractivity contribution in [2.24, 2.45) is 44.0 Å². The fourth-order valence-corrected chi connectivity index (χ4v) is 13.7. The fourth-order valence-electron chi connectivity index (χ4n) is 13.5. The number of aryl methyl sites for hydroxylation is 11. The van der Waals surface area contributed by atoms with Gasteiger partial charge in [-0.3, -0.25) is 14.6 Å². The summed E-state index contributed by atoms with van der Waals surface area (Å²) in [6, 6.07) is 54.7. The molecule has 22 N–H and O–H groups in total. The normalized spacial score (nSPS) is 12.5. The van der Waals surface area contributed by atoms with Crippen molar-refractivity contribution in [1.29, 1.82) is 0 Å². The second-order valence-corrected chi connectivity index (χ2v) is 30.2. The summed E-state index contributed by atoms with van der Waals surface area (Å²) in [5, 5.41) is 25.3. The number of aromatic nitrogens is 7. The quantitative estimate of drug-likeness (QED) is 0.0765. The molecule has 0 bridgehead atoms. The van der Waals surface area contributed by atoms with Crippen LogP contribution < -0.4 is 68.0 Å². The number of primary amides is 1. The van der Waals surface area contributed by atoms with Crippen molar-refractivity contribution in [2.45, 2.75) is 115 Å². The smallest absolute Gasteiger partial charge is 0.251 e. The molecule has 0 radical (unpaired) electrons. The van der Waals surface area contributed by atoms with Crippen molar-refractivity contribution in [1.82, 2.24) is 40.4 Å². The largest absolute Gasteiger partial charge is 0.389 e. The molecule has 20 rings (SSSR count). The first-order valence-electron chi connectivity index (χ1n) is 39.4. The SMILES string of the molecule is Cc1cc2c(N)nccc2cc1C(N)=O.Cc1cc2c(N)nccc2cc1CN.Cc1cc2c(N)nccc2cc1Cl.Cc1ccc2c(c1)C(=O)NC2.Cc1ccc2c(c1)C(N)=NC2.Cc1ccc2c(c1)C(N)=NOC2.Cc1ccc2c(c1)CON=C2N.Cc1ccc2c(n1)NCCC2.Cc1ccc2onc(N)c2c1.Cc1nc2c(N)nccc2cc1F. The maximum absolute atomic E-state index is 13.1. The number of carbonyl (C=O) groups excluding carboxylic acids is 2. The van der Waals surface area contributed by atoms with Gasteiger partial charge in [-0.1, -0.05) is 122 Å². The number of aliphatic imine (C=N–C) groups is 1. The molecular weight excluding hydrogens is 1570 g/mol. The maximum Gasteiger partial charge on any atom is 0.251 e. The van der Waals surface area contributed by atoms with Crippen LogP contribution in [-0.4, -0.2) is 70.9 Å². The van der Waals surface area contributed by atoms with Crippen LogP contribution in [0, 0.1) is 75.1 Å². The number of pyridine rings is 6. The monoisotopic (exact) mass is 1670 g/mol. The lowest BCUT2D eigenvalue weighted by atomic mass is 10.0. The predicted molar refractivity (Wildman–Crippen MR) is 493 cm³/mol. The van der Waals surface area contributed by atoms with Gasteiger partial charge in [-0.15, -0.1) is 0 Å². The highest BCUT2D eigenvalue weighted by Crippen LogP contribution is 2.30. The number of nitrogens with one attached hydrogen (secondary N) is 2. The lowest BCUT2D eigenvalue weighted by Gasteiger charge is -2.16. The summed E-state index contributed by atoms with van der Waals surface area (Å²) in [6.07, 6.45) is 8.95. The van der Waals surface area contributed by atoms with Gasteiger partial charge in [0.2, 0.25) is 5.91 Å². The van der Waals surface area contributed by atoms with Crippen LogP contribution in [0.15, 0.2) is 214 Å². The summed E-state index contributed by atoms with van der Waals surface area (Å²) in [5.41, 5.74) is 79.4. The Hall–Kier alpha value is -14.9. The van der Waals surface area contributed by atoms with Gasteiger partial charge in [0.15, 0.2) is 23.1 Å². The standard InChI is InChI=1S/C11H11N3O.C11H13N3.C10H9ClN2.C9H8FN3.2C9H10N2O.C9H10N2.C9H12N2.C9H9NO.C8H8N2O/c1-6-4-9-7(2-3-14-10(9)12)5-8(6)11(13)15;1-7-4-10-8(5-9(7)6-12)2-3-14-11(10)13;1-6-4-8-7(5-9(6)11)2-3-13-10(8)12;1-5-7(10)4-6-2-3-12-9(11)8(6)13-5;1-6-2-3-8-7(4-6)5-12-11-9(8)10;1-6-2-3-7-5-12-11-9(10)8(7)4-6;1-6-2-3-7-5-11-9(10)8(7)4-6;1-7-4-5-8-3-2-6-10-9(8)11-7;1-6-2-3-7-5-10-9(11)8(7)4-6;1-5-2-3-7-6(4-5)8(9)10-11-7/h2-5H,1H3,(H2,12,14)(H2,13,15);2-5H,6,12H2,1H3,(H2,13,14);2-5H,1H3,(H2,12,13);2-4H,1H3,(H2,11,12);2*2-4H,5H2,1H3,(H2,10,11);2-4H,5H2,1H3,(H2,10,11);4-5H,2-3,6H2,1H3,(H,10,11);2-4H,5H2,1H3,(H,10,11);2-4H,1H3,(H2,9,10). The molecule has 29 heteroatoms. The molecule has 0 spiro atoms. The number of amidine groups is 3. The number of hydrogen-bond acceptors (Lipinski definition) is 25. The third-order valence-corrected chi connectivity index (χ3v) is 20.7. The molecule has 0 unspecified atom stereocenters. The van der Waals surface area contributed by atoms with E-state index in [1.165, 1.54) is 58.5 Å². The van der Waals surface area contributed by atoms with Crippen LogP contribution in [0.3, 0.4) is 0 Å². The highest BCUT2D eigenvalue weighted by molar-refractivity contribution is 6.32. The summed E-state index contributed by atoms with van der Waals surface area (Å²) >= 11 is 5.98. The van der Waals surface area contributed by atoms with Gasteiger partial charge in [-0.2, -0.15) is 0 Å². The minimum atomic E-state index is -0.426. The third kappa shape index (κ3) is 22.9. The number of fused-ring (bicyclic) bond motifs is 10. The van der Waals surface area contributed by atoms with Gasteiger partial charge >= 0.3 is 0 Å². The first-order chi connectivity index (χ1) is 58.9. The molecule has 0 fully saturated rings. The van der Waals surface area contributed by atoms with E-state index in [-0.39, 0.29) is 11.7 Å². The number of carbonyl (C=O) groups is 2. The average molecular weight is 1670 g/mol. The summed E-state index contributed by atoms with van der Waals surface area (Å²) in [4.78, 5) is 60.5. The zero-order valence-corrected chi connectivity index (χ0v) is 70.9. The molecule has 0 saturated heterocycles. The Bertz CT molecular complexity index is 6430. The van der Waals surface area contributed by atoms with E-state index >= 15 is 0 Å². The van der Waals surface area contributed by atoms with E-state index in [4.69, 9.17) is 83.1 Å². The topological polar surface area (TPSA) is 477 Å². The summed E-state index contributed by atoms with van der Waals surface area (Å²) in [7, 11) is 0. The van der Waals surface area contributed by atoms with Gasteiger partial charge in [0.25, 0.3) is 5.91 Å². The third-order valence-electron chi connectivity index (χ3n) is 20.3. The van der Waals surface area contributed by atoms with Crippen LogP contribution in [0.1, 0.15) is 133 Å². The number of hydrogen-bond donors (Lipinski definition) is 12. The Balaban J connectivity index is 0.000000133. The second-order valence-electron chi connectivity index (χ2n) is 29.8. The van der Waals surface area contributed by atoms with Gasteiger partial charge in [-0.05, 0) is 240 Å². The Morgan fingerprint density at radius 1 is 0.472 bits per heavy atom.